The van der Waals surface area contributed by atoms with E-state index in [1.165, 1.54) is 0 Å². The van der Waals surface area contributed by atoms with Crippen molar-refractivity contribution in [2.75, 3.05) is 18.1 Å². The molecule has 2 saturated heterocycles. The summed E-state index contributed by atoms with van der Waals surface area (Å²) in [6, 6.07) is -0.556. The molecule has 4 atom stereocenters. The molecule has 8 nitrogen and oxygen atoms in total. The van der Waals surface area contributed by atoms with Gasteiger partial charge in [0, 0.05) is 11.9 Å². The second kappa shape index (κ2) is 10.1. The van der Waals surface area contributed by atoms with Crippen LogP contribution in [0.2, 0.25) is 23.3 Å². The minimum Gasteiger partial charge on any atom is -0.472 e. The quantitative estimate of drug-likeness (QED) is 0.259. The Balaban J connectivity index is 1.71. The van der Waals surface area contributed by atoms with Gasteiger partial charge in [-0.2, -0.15) is 4.98 Å². The summed E-state index contributed by atoms with van der Waals surface area (Å²) < 4.78 is 35.0. The number of carbonyl (C=O) groups is 1. The number of aromatic nitrogens is 2. The van der Waals surface area contributed by atoms with Crippen LogP contribution in [-0.2, 0) is 9.16 Å². The van der Waals surface area contributed by atoms with Gasteiger partial charge in [0.15, 0.2) is 19.3 Å². The maximum atomic E-state index is 15.7. The fourth-order valence-corrected chi connectivity index (χ4v) is 7.69. The van der Waals surface area contributed by atoms with Crippen molar-refractivity contribution in [2.24, 2.45) is 0 Å². The standard InChI is InChI=1S/C31H44ClFN4O4Si/c1-12-19-17(2)21-22-26(34-19)36-15-31(16-39-42(10,11)30(7,8)9)14-13-20(37(31)28(38)41-29(4,5)6)24(36)18(3)40-27(22)35-25(32)23(21)33/h12,18,20,24H,1,13-16H2,2-11H3/t18-,20-,24+,31+/m0/s1. The van der Waals surface area contributed by atoms with Crippen molar-refractivity contribution in [2.45, 2.75) is 116 Å². The summed E-state index contributed by atoms with van der Waals surface area (Å²) in [6.45, 7) is 25.2. The third-order valence-corrected chi connectivity index (χ3v) is 14.3. The zero-order chi connectivity index (χ0) is 31.2. The number of ether oxygens (including phenoxy) is 2. The first-order chi connectivity index (χ1) is 19.3. The normalized spacial score (nSPS) is 25.7. The molecule has 11 heteroatoms. The number of halogens is 2. The van der Waals surface area contributed by atoms with Crippen LogP contribution in [0.4, 0.5) is 15.0 Å². The maximum absolute atomic E-state index is 15.7. The van der Waals surface area contributed by atoms with E-state index in [1.54, 1.807) is 13.0 Å². The lowest BCUT2D eigenvalue weighted by atomic mass is 9.92. The molecule has 0 aliphatic carbocycles. The molecule has 3 aliphatic rings. The summed E-state index contributed by atoms with van der Waals surface area (Å²) in [5.41, 5.74) is -0.174. The van der Waals surface area contributed by atoms with Crippen LogP contribution >= 0.6 is 11.6 Å². The Kier molecular flexibility index (Phi) is 7.42. The van der Waals surface area contributed by atoms with Gasteiger partial charge in [0.05, 0.1) is 35.3 Å². The molecule has 0 radical (unpaired) electrons. The van der Waals surface area contributed by atoms with Crippen molar-refractivity contribution in [3.05, 3.63) is 28.8 Å². The van der Waals surface area contributed by atoms with Gasteiger partial charge in [-0.25, -0.2) is 14.2 Å². The summed E-state index contributed by atoms with van der Waals surface area (Å²) in [7, 11) is -2.18. The summed E-state index contributed by atoms with van der Waals surface area (Å²) in [5.74, 6) is 0.192. The highest BCUT2D eigenvalue weighted by Gasteiger charge is 2.61. The first-order valence-corrected chi connectivity index (χ1v) is 18.0. The predicted octanol–water partition coefficient (Wildman–Crippen LogP) is 7.50. The molecule has 2 aromatic heterocycles. The molecule has 0 aromatic carbocycles. The average Bonchev–Trinajstić information content (AvgIpc) is 3.07. The molecule has 2 bridgehead atoms. The molecule has 0 spiro atoms. The molecule has 0 unspecified atom stereocenters. The minimum absolute atomic E-state index is 0.00844. The fourth-order valence-electron chi connectivity index (χ4n) is 6.46. The van der Waals surface area contributed by atoms with Crippen LogP contribution in [-0.4, -0.2) is 71.8 Å². The highest BCUT2D eigenvalue weighted by atomic mass is 35.5. The summed E-state index contributed by atoms with van der Waals surface area (Å²) in [4.78, 5) is 27.5. The Morgan fingerprint density at radius 1 is 1.24 bits per heavy atom. The molecule has 42 heavy (non-hydrogen) atoms. The topological polar surface area (TPSA) is 77.0 Å². The number of amides is 1. The van der Waals surface area contributed by atoms with Crippen molar-refractivity contribution in [1.29, 1.82) is 0 Å². The molecule has 0 saturated carbocycles. The lowest BCUT2D eigenvalue weighted by molar-refractivity contribution is -0.0328. The van der Waals surface area contributed by atoms with Crippen LogP contribution in [0, 0.1) is 12.7 Å². The summed E-state index contributed by atoms with van der Waals surface area (Å²) in [6.07, 6.45) is 2.31. The molecular formula is C31H44ClFN4O4Si. The number of carbonyl (C=O) groups excluding carboxylic acids is 1. The van der Waals surface area contributed by atoms with Gasteiger partial charge in [0.1, 0.15) is 17.5 Å². The van der Waals surface area contributed by atoms with Crippen LogP contribution in [0.1, 0.15) is 72.6 Å². The van der Waals surface area contributed by atoms with Crippen LogP contribution in [0.3, 0.4) is 0 Å². The van der Waals surface area contributed by atoms with Gasteiger partial charge in [-0.3, -0.25) is 4.90 Å². The smallest absolute Gasteiger partial charge is 0.411 e. The lowest BCUT2D eigenvalue weighted by Crippen LogP contribution is -2.72. The molecule has 5 rings (SSSR count). The molecule has 2 fully saturated rings. The molecule has 2 aromatic rings. The van der Waals surface area contributed by atoms with E-state index >= 15 is 4.39 Å². The number of hydrogen-bond acceptors (Lipinski definition) is 7. The maximum Gasteiger partial charge on any atom is 0.411 e. The van der Waals surface area contributed by atoms with Crippen molar-refractivity contribution in [1.82, 2.24) is 14.9 Å². The zero-order valence-corrected chi connectivity index (χ0v) is 28.3. The Hall–Kier alpha value is -2.43. The fraction of sp³-hybridized carbons (Fsp3) is 0.645. The number of fused-ring (bicyclic) bond motifs is 5. The Bertz CT molecular complexity index is 1460. The van der Waals surface area contributed by atoms with Crippen molar-refractivity contribution < 1.29 is 23.1 Å². The van der Waals surface area contributed by atoms with E-state index in [4.69, 9.17) is 30.5 Å². The number of hydrogen-bond donors (Lipinski definition) is 0. The first kappa shape index (κ1) is 31.0. The highest BCUT2D eigenvalue weighted by Crippen LogP contribution is 2.51. The predicted molar refractivity (Wildman–Crippen MR) is 168 cm³/mol. The number of anilines is 1. The monoisotopic (exact) mass is 618 g/mol. The third-order valence-electron chi connectivity index (χ3n) is 9.58. The molecule has 230 valence electrons. The van der Waals surface area contributed by atoms with E-state index in [0.717, 1.165) is 12.8 Å². The van der Waals surface area contributed by atoms with Gasteiger partial charge in [0.2, 0.25) is 5.88 Å². The van der Waals surface area contributed by atoms with Gasteiger partial charge >= 0.3 is 6.09 Å². The minimum atomic E-state index is -2.18. The van der Waals surface area contributed by atoms with Gasteiger partial charge in [-0.1, -0.05) is 39.0 Å². The van der Waals surface area contributed by atoms with E-state index in [9.17, 15) is 4.79 Å². The van der Waals surface area contributed by atoms with E-state index in [1.807, 2.05) is 32.6 Å². The number of aryl methyl sites for hydroxylation is 1. The van der Waals surface area contributed by atoms with E-state index in [-0.39, 0.29) is 34.2 Å². The number of nitrogens with zero attached hydrogens (tertiary/aromatic N) is 4. The van der Waals surface area contributed by atoms with E-state index in [0.29, 0.717) is 41.0 Å². The van der Waals surface area contributed by atoms with Crippen LogP contribution in [0.15, 0.2) is 6.58 Å². The molecule has 5 heterocycles. The molecule has 0 N–H and O–H groups in total. The highest BCUT2D eigenvalue weighted by molar-refractivity contribution is 6.74. The second-order valence-corrected chi connectivity index (χ2v) is 19.8. The lowest BCUT2D eigenvalue weighted by Gasteiger charge is -2.54. The first-order valence-electron chi connectivity index (χ1n) is 14.7. The van der Waals surface area contributed by atoms with Gasteiger partial charge < -0.3 is 18.8 Å². The average molecular weight is 619 g/mol. The summed E-state index contributed by atoms with van der Waals surface area (Å²) >= 11 is 6.29. The largest absolute Gasteiger partial charge is 0.472 e. The van der Waals surface area contributed by atoms with Gasteiger partial charge in [-0.15, -0.1) is 0 Å². The molecule has 1 amide bonds. The van der Waals surface area contributed by atoms with E-state index < -0.39 is 31.4 Å². The number of piperazine rings is 1. The summed E-state index contributed by atoms with van der Waals surface area (Å²) in [5, 5.41) is 0.549. The molecular weight excluding hydrogens is 575 g/mol. The van der Waals surface area contributed by atoms with Crippen LogP contribution < -0.4 is 9.64 Å². The third kappa shape index (κ3) is 4.87. The second-order valence-electron chi connectivity index (χ2n) is 14.6. The molecule has 3 aliphatic heterocycles. The Morgan fingerprint density at radius 2 is 1.90 bits per heavy atom. The SMILES string of the molecule is C=Cc1nc2c3c(nc(Cl)c(F)c3c1C)O[C@@H](C)[C@@H]1[C@@H]3CC[C@](CO[Si](C)(C)C(C)(C)C)(CN21)N3C(=O)OC(C)(C)C. The zero-order valence-electron chi connectivity index (χ0n) is 26.5. The number of pyridine rings is 2. The van der Waals surface area contributed by atoms with Crippen LogP contribution in [0.5, 0.6) is 5.88 Å². The van der Waals surface area contributed by atoms with E-state index in [2.05, 4.69) is 50.3 Å². The Morgan fingerprint density at radius 3 is 2.50 bits per heavy atom. The van der Waals surface area contributed by atoms with Gasteiger partial charge in [0.25, 0.3) is 0 Å². The van der Waals surface area contributed by atoms with Crippen molar-refractivity contribution >= 4 is 48.7 Å². The van der Waals surface area contributed by atoms with Crippen molar-refractivity contribution in [3.8, 4) is 5.88 Å². The van der Waals surface area contributed by atoms with Gasteiger partial charge in [-0.05, 0) is 77.2 Å². The number of rotatable bonds is 4. The van der Waals surface area contributed by atoms with Crippen molar-refractivity contribution in [3.63, 3.8) is 0 Å². The Labute approximate surface area is 254 Å². The van der Waals surface area contributed by atoms with Crippen LogP contribution in [0.25, 0.3) is 16.8 Å².